The second-order valence-corrected chi connectivity index (χ2v) is 4.73. The molecule has 0 fully saturated rings. The van der Waals surface area contributed by atoms with Gasteiger partial charge in [0.05, 0.1) is 0 Å². The summed E-state index contributed by atoms with van der Waals surface area (Å²) in [5, 5.41) is 3.58. The van der Waals surface area contributed by atoms with Crippen LogP contribution in [0.2, 0.25) is 0 Å². The Bertz CT molecular complexity index is 350. The number of benzene rings is 1. The fourth-order valence-corrected chi connectivity index (χ4v) is 2.05. The maximum absolute atomic E-state index is 3.58. The zero-order chi connectivity index (χ0) is 9.64. The van der Waals surface area contributed by atoms with Crippen LogP contribution in [-0.4, -0.2) is 5.54 Å². The molecule has 0 amide bonds. The highest BCUT2D eigenvalue weighted by Crippen LogP contribution is 2.35. The molecule has 0 radical (unpaired) electrons. The van der Waals surface area contributed by atoms with Crippen molar-refractivity contribution in [2.24, 2.45) is 0 Å². The highest BCUT2D eigenvalue weighted by molar-refractivity contribution is 5.65. The van der Waals surface area contributed by atoms with Crippen molar-refractivity contribution in [1.82, 2.24) is 0 Å². The minimum atomic E-state index is 0.237. The molecular weight excluding hydrogens is 158 g/mol. The number of nitrogens with one attached hydrogen (secondary N) is 1. The Balaban J connectivity index is 2.53. The topological polar surface area (TPSA) is 12.0 Å². The number of fused-ring (bicyclic) bond motifs is 1. The third-order valence-corrected chi connectivity index (χ3v) is 2.92. The number of aryl methyl sites for hydroxylation is 1. The first-order valence-corrected chi connectivity index (χ1v) is 4.87. The third kappa shape index (κ3) is 1.32. The summed E-state index contributed by atoms with van der Waals surface area (Å²) in [6.07, 6.45) is 1.14. The summed E-state index contributed by atoms with van der Waals surface area (Å²) in [4.78, 5) is 0. The van der Waals surface area contributed by atoms with E-state index in [0.29, 0.717) is 0 Å². The fourth-order valence-electron chi connectivity index (χ4n) is 2.05. The number of hydrogen-bond acceptors (Lipinski definition) is 1. The zero-order valence-corrected chi connectivity index (χ0v) is 8.86. The van der Waals surface area contributed by atoms with Crippen molar-refractivity contribution in [3.8, 4) is 0 Å². The van der Waals surface area contributed by atoms with E-state index in [4.69, 9.17) is 0 Å². The first-order valence-electron chi connectivity index (χ1n) is 4.87. The van der Waals surface area contributed by atoms with E-state index in [-0.39, 0.29) is 5.54 Å². The standard InChI is InChI=1S/C12H17N/c1-8-5-6-10-7-12(3,4)13-11(10)9(8)2/h5-6,13H,7H2,1-4H3. The van der Waals surface area contributed by atoms with Gasteiger partial charge in [0.1, 0.15) is 0 Å². The quantitative estimate of drug-likeness (QED) is 0.639. The predicted molar refractivity (Wildman–Crippen MR) is 57.3 cm³/mol. The van der Waals surface area contributed by atoms with Crippen molar-refractivity contribution in [1.29, 1.82) is 0 Å². The van der Waals surface area contributed by atoms with Crippen LogP contribution in [0.1, 0.15) is 30.5 Å². The van der Waals surface area contributed by atoms with Crippen LogP contribution in [0, 0.1) is 13.8 Å². The van der Waals surface area contributed by atoms with Crippen molar-refractivity contribution < 1.29 is 0 Å². The molecule has 0 spiro atoms. The molecule has 1 heteroatoms. The average molecular weight is 175 g/mol. The first-order chi connectivity index (χ1) is 5.99. The molecule has 1 N–H and O–H groups in total. The molecule has 1 heterocycles. The SMILES string of the molecule is Cc1ccc2c(c1C)NC(C)(C)C2. The van der Waals surface area contributed by atoms with Gasteiger partial charge in [-0.15, -0.1) is 0 Å². The van der Waals surface area contributed by atoms with Crippen molar-refractivity contribution in [3.05, 3.63) is 28.8 Å². The summed E-state index contributed by atoms with van der Waals surface area (Å²) in [5.74, 6) is 0. The van der Waals surface area contributed by atoms with E-state index in [1.165, 1.54) is 22.4 Å². The molecule has 70 valence electrons. The van der Waals surface area contributed by atoms with E-state index in [0.717, 1.165) is 6.42 Å². The summed E-state index contributed by atoms with van der Waals surface area (Å²) < 4.78 is 0. The van der Waals surface area contributed by atoms with Gasteiger partial charge in [-0.25, -0.2) is 0 Å². The molecule has 1 aliphatic heterocycles. The van der Waals surface area contributed by atoms with E-state index in [2.05, 4.69) is 45.1 Å². The molecule has 0 atom stereocenters. The maximum atomic E-state index is 3.58. The van der Waals surface area contributed by atoms with E-state index < -0.39 is 0 Å². The lowest BCUT2D eigenvalue weighted by atomic mass is 9.99. The molecule has 1 aromatic carbocycles. The van der Waals surface area contributed by atoms with Crippen LogP contribution in [0.4, 0.5) is 5.69 Å². The van der Waals surface area contributed by atoms with E-state index >= 15 is 0 Å². The lowest BCUT2D eigenvalue weighted by Crippen LogP contribution is -2.27. The fraction of sp³-hybridized carbons (Fsp3) is 0.500. The molecule has 0 saturated heterocycles. The van der Waals surface area contributed by atoms with Crippen LogP contribution in [0.3, 0.4) is 0 Å². The van der Waals surface area contributed by atoms with E-state index in [9.17, 15) is 0 Å². The number of rotatable bonds is 0. The lowest BCUT2D eigenvalue weighted by molar-refractivity contribution is 0.594. The van der Waals surface area contributed by atoms with Crippen molar-refractivity contribution >= 4 is 5.69 Å². The van der Waals surface area contributed by atoms with Gasteiger partial charge in [-0.3, -0.25) is 0 Å². The Morgan fingerprint density at radius 3 is 2.62 bits per heavy atom. The summed E-state index contributed by atoms with van der Waals surface area (Å²) in [6, 6.07) is 4.47. The van der Waals surface area contributed by atoms with Gasteiger partial charge in [0.25, 0.3) is 0 Å². The predicted octanol–water partition coefficient (Wildman–Crippen LogP) is 3.05. The highest BCUT2D eigenvalue weighted by Gasteiger charge is 2.28. The lowest BCUT2D eigenvalue weighted by Gasteiger charge is -2.18. The Hall–Kier alpha value is -0.980. The molecule has 2 rings (SSSR count). The summed E-state index contributed by atoms with van der Waals surface area (Å²) in [6.45, 7) is 8.87. The second-order valence-electron chi connectivity index (χ2n) is 4.73. The Morgan fingerprint density at radius 2 is 1.92 bits per heavy atom. The largest absolute Gasteiger partial charge is 0.379 e. The van der Waals surface area contributed by atoms with Gasteiger partial charge < -0.3 is 5.32 Å². The van der Waals surface area contributed by atoms with Crippen LogP contribution >= 0.6 is 0 Å². The van der Waals surface area contributed by atoms with Crippen LogP contribution in [0.15, 0.2) is 12.1 Å². The smallest absolute Gasteiger partial charge is 0.0410 e. The van der Waals surface area contributed by atoms with E-state index in [1.54, 1.807) is 0 Å². The summed E-state index contributed by atoms with van der Waals surface area (Å²) >= 11 is 0. The van der Waals surface area contributed by atoms with Crippen molar-refractivity contribution in [2.75, 3.05) is 5.32 Å². The van der Waals surface area contributed by atoms with E-state index in [1.807, 2.05) is 0 Å². The number of anilines is 1. The first kappa shape index (κ1) is 8.61. The molecule has 1 aliphatic rings. The van der Waals surface area contributed by atoms with Crippen LogP contribution in [0.5, 0.6) is 0 Å². The van der Waals surface area contributed by atoms with Crippen molar-refractivity contribution in [3.63, 3.8) is 0 Å². The van der Waals surface area contributed by atoms with Crippen LogP contribution < -0.4 is 5.32 Å². The minimum absolute atomic E-state index is 0.237. The second kappa shape index (κ2) is 2.50. The molecule has 13 heavy (non-hydrogen) atoms. The molecule has 0 aliphatic carbocycles. The normalized spacial score (nSPS) is 18.2. The maximum Gasteiger partial charge on any atom is 0.0410 e. The van der Waals surface area contributed by atoms with Gasteiger partial charge >= 0.3 is 0 Å². The van der Waals surface area contributed by atoms with Crippen molar-refractivity contribution in [2.45, 2.75) is 39.7 Å². The highest BCUT2D eigenvalue weighted by atomic mass is 15.0. The molecule has 0 unspecified atom stereocenters. The molecule has 0 bridgehead atoms. The van der Waals surface area contributed by atoms with Gasteiger partial charge in [0.15, 0.2) is 0 Å². The van der Waals surface area contributed by atoms with Crippen LogP contribution in [-0.2, 0) is 6.42 Å². The monoisotopic (exact) mass is 175 g/mol. The molecule has 1 aromatic rings. The molecule has 0 aromatic heterocycles. The third-order valence-electron chi connectivity index (χ3n) is 2.92. The average Bonchev–Trinajstić information content (AvgIpc) is 2.34. The zero-order valence-electron chi connectivity index (χ0n) is 8.86. The van der Waals surface area contributed by atoms with Gasteiger partial charge in [0, 0.05) is 11.2 Å². The Labute approximate surface area is 80.2 Å². The Kier molecular flexibility index (Phi) is 1.66. The summed E-state index contributed by atoms with van der Waals surface area (Å²) in [7, 11) is 0. The summed E-state index contributed by atoms with van der Waals surface area (Å²) in [5.41, 5.74) is 5.85. The van der Waals surface area contributed by atoms with Gasteiger partial charge in [-0.2, -0.15) is 0 Å². The molecule has 1 nitrogen and oxygen atoms in total. The van der Waals surface area contributed by atoms with Crippen LogP contribution in [0.25, 0.3) is 0 Å². The Morgan fingerprint density at radius 1 is 1.23 bits per heavy atom. The molecule has 0 saturated carbocycles. The van der Waals surface area contributed by atoms with Gasteiger partial charge in [0.2, 0.25) is 0 Å². The number of hydrogen-bond donors (Lipinski definition) is 1. The van der Waals surface area contributed by atoms with Gasteiger partial charge in [-0.05, 0) is 50.8 Å². The minimum Gasteiger partial charge on any atom is -0.379 e. The van der Waals surface area contributed by atoms with Gasteiger partial charge in [-0.1, -0.05) is 12.1 Å². The molecular formula is C12H17N.